The number of ether oxygens (including phenoxy) is 3. The summed E-state index contributed by atoms with van der Waals surface area (Å²) in [5, 5.41) is 6.46. The highest BCUT2D eigenvalue weighted by molar-refractivity contribution is 8.14. The van der Waals surface area contributed by atoms with Crippen LogP contribution in [0.4, 0.5) is 0 Å². The van der Waals surface area contributed by atoms with E-state index in [0.29, 0.717) is 49.1 Å². The molecule has 2 saturated heterocycles. The molecular formula is C50H69N7O6S. The molecule has 4 fully saturated rings. The van der Waals surface area contributed by atoms with Crippen molar-refractivity contribution < 1.29 is 28.6 Å². The molecule has 64 heavy (non-hydrogen) atoms. The Hall–Kier alpha value is -3.82. The minimum absolute atomic E-state index is 0.155. The third kappa shape index (κ3) is 8.90. The zero-order valence-electron chi connectivity index (χ0n) is 39.2. The van der Waals surface area contributed by atoms with Gasteiger partial charge in [0.25, 0.3) is 5.91 Å². The second kappa shape index (κ2) is 18.5. The maximum Gasteiger partial charge on any atom is 0.324 e. The molecule has 3 aromatic rings. The van der Waals surface area contributed by atoms with Gasteiger partial charge < -0.3 is 29.0 Å². The zero-order chi connectivity index (χ0) is 45.0. The van der Waals surface area contributed by atoms with E-state index in [4.69, 9.17) is 24.2 Å². The van der Waals surface area contributed by atoms with Crippen molar-refractivity contribution in [2.24, 2.45) is 28.2 Å². The molecule has 346 valence electrons. The number of hydrogen-bond acceptors (Lipinski definition) is 11. The smallest absolute Gasteiger partial charge is 0.324 e. The fourth-order valence-corrected chi connectivity index (χ4v) is 12.1. The van der Waals surface area contributed by atoms with Crippen molar-refractivity contribution in [1.29, 1.82) is 0 Å². The lowest BCUT2D eigenvalue weighted by Gasteiger charge is -2.37. The fourth-order valence-electron chi connectivity index (χ4n) is 10.9. The number of nitrogens with zero attached hydrogens (tertiary/aromatic N) is 5. The zero-order valence-corrected chi connectivity index (χ0v) is 40.0. The van der Waals surface area contributed by atoms with Gasteiger partial charge in [-0.05, 0) is 131 Å². The number of aromatic nitrogens is 2. The summed E-state index contributed by atoms with van der Waals surface area (Å²) in [4.78, 5) is 55.7. The van der Waals surface area contributed by atoms with Gasteiger partial charge in [-0.2, -0.15) is 0 Å². The number of hydrogen-bond donors (Lipinski definition) is 2. The predicted molar refractivity (Wildman–Crippen MR) is 251 cm³/mol. The summed E-state index contributed by atoms with van der Waals surface area (Å²) in [5.74, 6) is 0.496. The van der Waals surface area contributed by atoms with Crippen LogP contribution in [0.15, 0.2) is 35.5 Å². The van der Waals surface area contributed by atoms with Crippen LogP contribution in [-0.4, -0.2) is 112 Å². The number of hydrazine groups is 1. The van der Waals surface area contributed by atoms with E-state index in [1.165, 1.54) is 29.0 Å². The lowest BCUT2D eigenvalue weighted by molar-refractivity contribution is -0.156. The summed E-state index contributed by atoms with van der Waals surface area (Å²) in [5.41, 5.74) is 10.6. The molecule has 9 rings (SSSR count). The number of likely N-dealkylation sites (tertiary alicyclic amines) is 1. The average molecular weight is 896 g/mol. The van der Waals surface area contributed by atoms with Gasteiger partial charge in [0.1, 0.15) is 23.2 Å². The van der Waals surface area contributed by atoms with E-state index in [0.717, 1.165) is 71.9 Å². The molecule has 6 aliphatic rings. The molecule has 0 spiro atoms. The monoisotopic (exact) mass is 896 g/mol. The minimum Gasteiger partial charge on any atom is -0.464 e. The summed E-state index contributed by atoms with van der Waals surface area (Å²) in [6, 6.07) is 7.98. The molecule has 1 aromatic carbocycles. The first kappa shape index (κ1) is 45.3. The second-order valence-electron chi connectivity index (χ2n) is 20.1. The van der Waals surface area contributed by atoms with Crippen molar-refractivity contribution in [2.75, 3.05) is 45.7 Å². The number of cyclic esters (lactones) is 1. The SMILES string of the molecule is CCO[C@@H]1C2=NC(CS2)c2ccc3c(c2)c(c(-c2cc(C4CCN(C5CC5)CC4)cnc2[C@H](C)OC)n3CC)CC(C)(C)COC(=O)[C@@H]2CCCN(N2)C(=O)[C@H]1NC(=O)C1[C@@H](C)[C@H]1C. The number of methoxy groups -OCH3 is 1. The number of carbonyl (C=O) groups is 3. The maximum absolute atomic E-state index is 14.7. The van der Waals surface area contributed by atoms with Gasteiger partial charge in [0.15, 0.2) is 0 Å². The van der Waals surface area contributed by atoms with Gasteiger partial charge in [-0.1, -0.05) is 33.8 Å². The Labute approximate surface area is 383 Å². The van der Waals surface area contributed by atoms with Crippen molar-refractivity contribution in [3.63, 3.8) is 0 Å². The summed E-state index contributed by atoms with van der Waals surface area (Å²) >= 11 is 1.59. The molecule has 13 nitrogen and oxygen atoms in total. The van der Waals surface area contributed by atoms with Crippen molar-refractivity contribution in [3.8, 4) is 11.3 Å². The number of amides is 2. The first-order chi connectivity index (χ1) is 30.8. The van der Waals surface area contributed by atoms with Gasteiger partial charge in [0.05, 0.1) is 30.1 Å². The van der Waals surface area contributed by atoms with Crippen molar-refractivity contribution >= 4 is 45.5 Å². The van der Waals surface area contributed by atoms with E-state index in [2.05, 4.69) is 92.2 Å². The fraction of sp³-hybridized carbons (Fsp3) is 0.660. The van der Waals surface area contributed by atoms with Crippen LogP contribution in [0.5, 0.6) is 0 Å². The number of aliphatic imine (C=N–C) groups is 1. The third-order valence-corrected chi connectivity index (χ3v) is 16.3. The van der Waals surface area contributed by atoms with Gasteiger partial charge in [0.2, 0.25) is 5.91 Å². The molecule has 2 saturated carbocycles. The van der Waals surface area contributed by atoms with Crippen molar-refractivity contribution in [2.45, 2.75) is 142 Å². The molecule has 0 radical (unpaired) electrons. The first-order valence-electron chi connectivity index (χ1n) is 24.1. The van der Waals surface area contributed by atoms with E-state index >= 15 is 0 Å². The second-order valence-corrected chi connectivity index (χ2v) is 21.2. The molecule has 2 aliphatic carbocycles. The van der Waals surface area contributed by atoms with Crippen LogP contribution in [-0.2, 0) is 41.6 Å². The number of rotatable bonds is 10. The van der Waals surface area contributed by atoms with Crippen LogP contribution in [0.25, 0.3) is 22.2 Å². The Bertz CT molecular complexity index is 2270. The molecule has 8 atom stereocenters. The van der Waals surface area contributed by atoms with Crippen LogP contribution < -0.4 is 10.7 Å². The number of benzene rings is 1. The van der Waals surface area contributed by atoms with E-state index < -0.39 is 29.6 Å². The predicted octanol–water partition coefficient (Wildman–Crippen LogP) is 7.37. The minimum atomic E-state index is -1.04. The summed E-state index contributed by atoms with van der Waals surface area (Å²) < 4.78 is 21.1. The number of esters is 1. The Morgan fingerprint density at radius 3 is 2.50 bits per heavy atom. The Kier molecular flexibility index (Phi) is 13.1. The Morgan fingerprint density at radius 1 is 1.05 bits per heavy atom. The van der Waals surface area contributed by atoms with Gasteiger partial charge in [0, 0.05) is 72.6 Å². The molecule has 2 N–H and O–H groups in total. The van der Waals surface area contributed by atoms with E-state index in [1.54, 1.807) is 18.9 Å². The number of piperidine rings is 1. The van der Waals surface area contributed by atoms with Gasteiger partial charge in [-0.15, -0.1) is 11.8 Å². The Morgan fingerprint density at radius 2 is 1.81 bits per heavy atom. The molecule has 14 heteroatoms. The lowest BCUT2D eigenvalue weighted by Crippen LogP contribution is -2.63. The number of thioether (sulfide) groups is 1. The van der Waals surface area contributed by atoms with Crippen LogP contribution in [0.3, 0.4) is 0 Å². The average Bonchev–Trinajstić information content (AvgIpc) is 4.16. The third-order valence-electron chi connectivity index (χ3n) is 15.1. The first-order valence-corrected chi connectivity index (χ1v) is 25.1. The molecule has 6 bridgehead atoms. The maximum atomic E-state index is 14.7. The summed E-state index contributed by atoms with van der Waals surface area (Å²) in [6.07, 6.45) is 7.74. The van der Waals surface area contributed by atoms with Crippen LogP contribution >= 0.6 is 11.8 Å². The quantitative estimate of drug-likeness (QED) is 0.199. The van der Waals surface area contributed by atoms with Gasteiger partial charge >= 0.3 is 5.97 Å². The highest BCUT2D eigenvalue weighted by Gasteiger charge is 2.50. The van der Waals surface area contributed by atoms with Crippen molar-refractivity contribution in [1.82, 2.24) is 30.2 Å². The van der Waals surface area contributed by atoms with Gasteiger partial charge in [-0.3, -0.25) is 29.4 Å². The highest BCUT2D eigenvalue weighted by atomic mass is 32.2. The van der Waals surface area contributed by atoms with E-state index in [1.807, 2.05) is 6.92 Å². The van der Waals surface area contributed by atoms with Crippen LogP contribution in [0.2, 0.25) is 0 Å². The molecule has 2 amide bonds. The largest absolute Gasteiger partial charge is 0.464 e. The lowest BCUT2D eigenvalue weighted by atomic mass is 9.83. The van der Waals surface area contributed by atoms with Gasteiger partial charge in [-0.25, -0.2) is 5.43 Å². The highest BCUT2D eigenvalue weighted by Crippen LogP contribution is 2.47. The molecular weight excluding hydrogens is 827 g/mol. The van der Waals surface area contributed by atoms with E-state index in [9.17, 15) is 14.4 Å². The topological polar surface area (TPSA) is 140 Å². The number of carbonyl (C=O) groups excluding carboxylic acids is 3. The van der Waals surface area contributed by atoms with Crippen LogP contribution in [0.1, 0.15) is 127 Å². The molecule has 6 heterocycles. The van der Waals surface area contributed by atoms with Crippen molar-refractivity contribution in [3.05, 3.63) is 52.8 Å². The molecule has 4 aliphatic heterocycles. The number of fused-ring (bicyclic) bond motifs is 5. The normalized spacial score (nSPS) is 29.6. The molecule has 2 aromatic heterocycles. The number of aryl methyl sites for hydroxylation is 1. The Balaban J connectivity index is 1.16. The standard InChI is InChI=1S/C50H69N7O6S/c1-9-56-40-16-13-32-22-35(40)37(44(56)36-23-33(25-51-42(36)30(5)61-8)31-17-20-55(21-18-31)34-14-15-34)24-50(6,7)27-63-49(60)38-12-11-19-57(54-38)48(59)43(53-46(58)41-28(3)29(41)4)45(62-10-2)47-52-39(32)26-64-47/h13,16,22-23,25,28-31,34,38-39,41,43,45,54H,9-12,14-15,17-21,24,26-27H2,1-8H3,(H,53,58)/t28-,29+,30-,38-,39?,41?,43-,45-/m0/s1. The summed E-state index contributed by atoms with van der Waals surface area (Å²) in [7, 11) is 1.75. The summed E-state index contributed by atoms with van der Waals surface area (Å²) in [6.45, 7) is 18.6. The van der Waals surface area contributed by atoms with E-state index in [-0.39, 0.29) is 48.3 Å². The van der Waals surface area contributed by atoms with Crippen LogP contribution in [0, 0.1) is 23.2 Å². The number of nitrogens with one attached hydrogen (secondary N) is 2. The number of pyridine rings is 1. The molecule has 2 unspecified atom stereocenters.